The Bertz CT molecular complexity index is 485. The summed E-state index contributed by atoms with van der Waals surface area (Å²) < 4.78 is 7.53. The molecule has 22 heavy (non-hydrogen) atoms. The Hall–Kier alpha value is -1.40. The zero-order valence-electron chi connectivity index (χ0n) is 13.4. The van der Waals surface area contributed by atoms with Crippen LogP contribution in [0.4, 0.5) is 0 Å². The molecule has 0 aliphatic carbocycles. The zero-order valence-corrected chi connectivity index (χ0v) is 13.4. The molecule has 0 bridgehead atoms. The first kappa shape index (κ1) is 17.0. The number of nitrogens with one attached hydrogen (secondary N) is 1. The SMILES string of the molecule is CCc1nn(CCCCO)c2c1C(=O)NCCCOCCC2. The first-order chi connectivity index (χ1) is 10.8. The summed E-state index contributed by atoms with van der Waals surface area (Å²) in [6.07, 6.45) is 4.91. The number of ether oxygens (including phenoxy) is 1. The molecular weight excluding hydrogens is 282 g/mol. The largest absolute Gasteiger partial charge is 0.396 e. The predicted molar refractivity (Wildman–Crippen MR) is 84.0 cm³/mol. The summed E-state index contributed by atoms with van der Waals surface area (Å²) in [6, 6.07) is 0. The number of aryl methyl sites for hydroxylation is 2. The van der Waals surface area contributed by atoms with Gasteiger partial charge in [0.25, 0.3) is 5.91 Å². The minimum atomic E-state index is -0.0119. The number of nitrogens with zero attached hydrogens (tertiary/aromatic N) is 2. The highest BCUT2D eigenvalue weighted by Crippen LogP contribution is 2.19. The van der Waals surface area contributed by atoms with E-state index in [2.05, 4.69) is 10.4 Å². The van der Waals surface area contributed by atoms with E-state index < -0.39 is 0 Å². The number of unbranched alkanes of at least 4 members (excludes halogenated alkanes) is 1. The molecule has 124 valence electrons. The Kier molecular flexibility index (Phi) is 6.86. The minimum absolute atomic E-state index is 0.0119. The lowest BCUT2D eigenvalue weighted by atomic mass is 10.1. The van der Waals surface area contributed by atoms with Crippen LogP contribution in [-0.2, 0) is 24.1 Å². The molecular formula is C16H27N3O3. The second kappa shape index (κ2) is 8.90. The number of fused-ring (bicyclic) bond motifs is 1. The molecule has 0 atom stereocenters. The third-order valence-corrected chi connectivity index (χ3v) is 3.92. The van der Waals surface area contributed by atoms with E-state index >= 15 is 0 Å². The van der Waals surface area contributed by atoms with Crippen molar-refractivity contribution in [1.82, 2.24) is 15.1 Å². The van der Waals surface area contributed by atoms with E-state index in [1.807, 2.05) is 11.6 Å². The lowest BCUT2D eigenvalue weighted by Crippen LogP contribution is -2.26. The standard InChI is InChI=1S/C16H27N3O3/c1-2-13-15-14(19(18-13)9-3-4-10-20)7-5-11-22-12-6-8-17-16(15)21/h20H,2-12H2,1H3,(H,17,21). The van der Waals surface area contributed by atoms with Crippen molar-refractivity contribution in [3.05, 3.63) is 17.0 Å². The molecule has 0 fully saturated rings. The summed E-state index contributed by atoms with van der Waals surface area (Å²) in [7, 11) is 0. The van der Waals surface area contributed by atoms with Crippen LogP contribution in [0.2, 0.25) is 0 Å². The molecule has 0 aromatic carbocycles. The average molecular weight is 309 g/mol. The third kappa shape index (κ3) is 4.30. The second-order valence-electron chi connectivity index (χ2n) is 5.60. The molecule has 0 saturated heterocycles. The van der Waals surface area contributed by atoms with Crippen LogP contribution in [0.15, 0.2) is 0 Å². The molecule has 0 saturated carbocycles. The van der Waals surface area contributed by atoms with Gasteiger partial charge in [-0.15, -0.1) is 0 Å². The van der Waals surface area contributed by atoms with Gasteiger partial charge in [-0.1, -0.05) is 6.92 Å². The lowest BCUT2D eigenvalue weighted by Gasteiger charge is -2.09. The summed E-state index contributed by atoms with van der Waals surface area (Å²) in [5.41, 5.74) is 2.64. The number of carbonyl (C=O) groups is 1. The van der Waals surface area contributed by atoms with Gasteiger partial charge in [-0.05, 0) is 38.5 Å². The quantitative estimate of drug-likeness (QED) is 0.804. The fourth-order valence-electron chi connectivity index (χ4n) is 2.78. The van der Waals surface area contributed by atoms with Gasteiger partial charge >= 0.3 is 0 Å². The smallest absolute Gasteiger partial charge is 0.255 e. The molecule has 1 aromatic rings. The van der Waals surface area contributed by atoms with Crippen LogP contribution in [0.25, 0.3) is 0 Å². The fourth-order valence-corrected chi connectivity index (χ4v) is 2.78. The number of carbonyl (C=O) groups excluding carboxylic acids is 1. The van der Waals surface area contributed by atoms with Gasteiger partial charge in [0.1, 0.15) is 0 Å². The molecule has 2 N–H and O–H groups in total. The van der Waals surface area contributed by atoms with Crippen molar-refractivity contribution < 1.29 is 14.6 Å². The number of aliphatic hydroxyl groups excluding tert-OH is 1. The first-order valence-electron chi connectivity index (χ1n) is 8.33. The van der Waals surface area contributed by atoms with Crippen LogP contribution in [0.1, 0.15) is 54.4 Å². The van der Waals surface area contributed by atoms with E-state index in [-0.39, 0.29) is 12.5 Å². The van der Waals surface area contributed by atoms with Gasteiger partial charge in [0.15, 0.2) is 0 Å². The maximum atomic E-state index is 12.5. The Balaban J connectivity index is 2.26. The summed E-state index contributed by atoms with van der Waals surface area (Å²) in [6.45, 7) is 5.02. The van der Waals surface area contributed by atoms with Crippen LogP contribution >= 0.6 is 0 Å². The highest BCUT2D eigenvalue weighted by Gasteiger charge is 2.22. The van der Waals surface area contributed by atoms with Gasteiger partial charge in [0, 0.05) is 32.9 Å². The van der Waals surface area contributed by atoms with Crippen LogP contribution in [-0.4, -0.2) is 47.2 Å². The Labute approximate surface area is 131 Å². The molecule has 1 aromatic heterocycles. The molecule has 0 spiro atoms. The van der Waals surface area contributed by atoms with Gasteiger partial charge in [0.2, 0.25) is 0 Å². The monoisotopic (exact) mass is 309 g/mol. The van der Waals surface area contributed by atoms with Crippen molar-refractivity contribution in [2.24, 2.45) is 0 Å². The average Bonchev–Trinajstić information content (AvgIpc) is 2.85. The van der Waals surface area contributed by atoms with Gasteiger partial charge in [0.05, 0.1) is 17.0 Å². The van der Waals surface area contributed by atoms with Crippen LogP contribution in [0.3, 0.4) is 0 Å². The Morgan fingerprint density at radius 3 is 2.91 bits per heavy atom. The normalized spacial score (nSPS) is 16.7. The van der Waals surface area contributed by atoms with Crippen molar-refractivity contribution in [3.63, 3.8) is 0 Å². The molecule has 2 heterocycles. The highest BCUT2D eigenvalue weighted by atomic mass is 16.5. The number of aliphatic hydroxyl groups is 1. The number of aromatic nitrogens is 2. The molecule has 0 radical (unpaired) electrons. The van der Waals surface area contributed by atoms with E-state index in [1.165, 1.54) is 0 Å². The Morgan fingerprint density at radius 2 is 2.14 bits per heavy atom. The Morgan fingerprint density at radius 1 is 1.32 bits per heavy atom. The molecule has 6 nitrogen and oxygen atoms in total. The molecule has 2 rings (SSSR count). The molecule has 1 amide bonds. The molecule has 0 unspecified atom stereocenters. The molecule has 1 aliphatic rings. The van der Waals surface area contributed by atoms with E-state index in [9.17, 15) is 4.79 Å². The lowest BCUT2D eigenvalue weighted by molar-refractivity contribution is 0.0943. The van der Waals surface area contributed by atoms with E-state index in [1.54, 1.807) is 0 Å². The summed E-state index contributed by atoms with van der Waals surface area (Å²) >= 11 is 0. The first-order valence-corrected chi connectivity index (χ1v) is 8.33. The van der Waals surface area contributed by atoms with Crippen LogP contribution in [0, 0.1) is 0 Å². The summed E-state index contributed by atoms with van der Waals surface area (Å²) in [5.74, 6) is -0.0119. The second-order valence-corrected chi connectivity index (χ2v) is 5.60. The van der Waals surface area contributed by atoms with Gasteiger partial charge in [-0.25, -0.2) is 0 Å². The van der Waals surface area contributed by atoms with Crippen LogP contribution < -0.4 is 5.32 Å². The maximum Gasteiger partial charge on any atom is 0.255 e. The summed E-state index contributed by atoms with van der Waals surface area (Å²) in [5, 5.41) is 16.6. The van der Waals surface area contributed by atoms with Crippen molar-refractivity contribution in [2.75, 3.05) is 26.4 Å². The van der Waals surface area contributed by atoms with E-state index in [4.69, 9.17) is 9.84 Å². The van der Waals surface area contributed by atoms with Crippen molar-refractivity contribution in [3.8, 4) is 0 Å². The number of hydrogen-bond acceptors (Lipinski definition) is 4. The van der Waals surface area contributed by atoms with E-state index in [0.29, 0.717) is 13.2 Å². The minimum Gasteiger partial charge on any atom is -0.396 e. The van der Waals surface area contributed by atoms with Crippen molar-refractivity contribution in [1.29, 1.82) is 0 Å². The predicted octanol–water partition coefficient (Wildman–Crippen LogP) is 1.30. The number of hydrogen-bond donors (Lipinski definition) is 2. The molecule has 6 heteroatoms. The third-order valence-electron chi connectivity index (χ3n) is 3.92. The molecule has 1 aliphatic heterocycles. The van der Waals surface area contributed by atoms with Crippen molar-refractivity contribution >= 4 is 5.91 Å². The number of amides is 1. The van der Waals surface area contributed by atoms with Gasteiger partial charge in [-0.2, -0.15) is 5.10 Å². The van der Waals surface area contributed by atoms with Gasteiger partial charge in [-0.3, -0.25) is 9.48 Å². The van der Waals surface area contributed by atoms with Crippen molar-refractivity contribution in [2.45, 2.75) is 52.0 Å². The maximum absolute atomic E-state index is 12.5. The zero-order chi connectivity index (χ0) is 15.8. The number of rotatable bonds is 5. The van der Waals surface area contributed by atoms with Gasteiger partial charge < -0.3 is 15.2 Å². The van der Waals surface area contributed by atoms with Crippen LogP contribution in [0.5, 0.6) is 0 Å². The summed E-state index contributed by atoms with van der Waals surface area (Å²) in [4.78, 5) is 12.5. The fraction of sp³-hybridized carbons (Fsp3) is 0.750. The highest BCUT2D eigenvalue weighted by molar-refractivity contribution is 5.96. The van der Waals surface area contributed by atoms with E-state index in [0.717, 1.165) is 68.6 Å². The topological polar surface area (TPSA) is 76.4 Å².